The van der Waals surface area contributed by atoms with Gasteiger partial charge in [0, 0.05) is 12.2 Å². The average molecular weight is 324 g/mol. The summed E-state index contributed by atoms with van der Waals surface area (Å²) in [6.45, 7) is 2.58. The molecule has 4 heteroatoms. The van der Waals surface area contributed by atoms with Crippen LogP contribution in [0.3, 0.4) is 0 Å². The predicted octanol–water partition coefficient (Wildman–Crippen LogP) is 4.52. The highest BCUT2D eigenvalue weighted by atomic mass is 79.9. The highest BCUT2D eigenvalue weighted by Crippen LogP contribution is 2.26. The monoisotopic (exact) mass is 323 g/mol. The van der Waals surface area contributed by atoms with Crippen molar-refractivity contribution in [2.24, 2.45) is 0 Å². The molecule has 0 aliphatic heterocycles. The van der Waals surface area contributed by atoms with Crippen LogP contribution in [0.2, 0.25) is 0 Å². The number of benzene rings is 2. The van der Waals surface area contributed by atoms with Gasteiger partial charge in [0.05, 0.1) is 11.6 Å². The van der Waals surface area contributed by atoms with E-state index in [9.17, 15) is 4.39 Å². The maximum atomic E-state index is 13.2. The Bertz CT molecular complexity index is 586. The lowest BCUT2D eigenvalue weighted by Gasteiger charge is -2.11. The van der Waals surface area contributed by atoms with Gasteiger partial charge in [-0.2, -0.15) is 0 Å². The number of halogens is 2. The molecular formula is C15H15BrFNO. The first-order valence-electron chi connectivity index (χ1n) is 5.92. The number of rotatable bonds is 4. The highest BCUT2D eigenvalue weighted by molar-refractivity contribution is 9.10. The first-order chi connectivity index (χ1) is 9.10. The molecule has 0 amide bonds. The van der Waals surface area contributed by atoms with E-state index in [-0.39, 0.29) is 5.82 Å². The lowest BCUT2D eigenvalue weighted by Crippen LogP contribution is -2.01. The first-order valence-corrected chi connectivity index (χ1v) is 6.72. The number of hydrogen-bond donors (Lipinski definition) is 1. The molecule has 0 bridgehead atoms. The predicted molar refractivity (Wildman–Crippen MR) is 79.2 cm³/mol. The minimum Gasteiger partial charge on any atom is -0.496 e. The number of ether oxygens (including phenoxy) is 1. The molecule has 0 aliphatic carbocycles. The van der Waals surface area contributed by atoms with E-state index in [1.807, 2.05) is 25.1 Å². The maximum Gasteiger partial charge on any atom is 0.133 e. The van der Waals surface area contributed by atoms with E-state index in [1.54, 1.807) is 13.2 Å². The number of methoxy groups -OCH3 is 1. The molecule has 0 aliphatic rings. The van der Waals surface area contributed by atoms with Crippen LogP contribution in [0.1, 0.15) is 11.1 Å². The van der Waals surface area contributed by atoms with Gasteiger partial charge in [-0.05, 0) is 58.2 Å². The van der Waals surface area contributed by atoms with E-state index in [0.717, 1.165) is 27.0 Å². The van der Waals surface area contributed by atoms with Crippen molar-refractivity contribution < 1.29 is 9.13 Å². The minimum atomic E-state index is -0.232. The highest BCUT2D eigenvalue weighted by Gasteiger charge is 2.03. The van der Waals surface area contributed by atoms with Crippen LogP contribution in [-0.4, -0.2) is 7.11 Å². The topological polar surface area (TPSA) is 21.3 Å². The zero-order valence-corrected chi connectivity index (χ0v) is 12.4. The van der Waals surface area contributed by atoms with Crippen molar-refractivity contribution in [3.63, 3.8) is 0 Å². The summed E-state index contributed by atoms with van der Waals surface area (Å²) in [5.41, 5.74) is 2.93. The van der Waals surface area contributed by atoms with Crippen molar-refractivity contribution in [3.05, 3.63) is 57.8 Å². The van der Waals surface area contributed by atoms with Gasteiger partial charge < -0.3 is 10.1 Å². The second kappa shape index (κ2) is 6.06. The Morgan fingerprint density at radius 2 is 2.00 bits per heavy atom. The Labute approximate surface area is 120 Å². The Kier molecular flexibility index (Phi) is 4.43. The molecule has 0 saturated heterocycles. The molecule has 2 aromatic rings. The molecule has 0 heterocycles. The van der Waals surface area contributed by atoms with Gasteiger partial charge in [0.1, 0.15) is 11.6 Å². The van der Waals surface area contributed by atoms with Crippen molar-refractivity contribution in [1.82, 2.24) is 0 Å². The fraction of sp³-hybridized carbons (Fsp3) is 0.200. The number of anilines is 1. The van der Waals surface area contributed by atoms with Crippen LogP contribution >= 0.6 is 15.9 Å². The fourth-order valence-electron chi connectivity index (χ4n) is 1.80. The largest absolute Gasteiger partial charge is 0.496 e. The molecule has 100 valence electrons. The van der Waals surface area contributed by atoms with Crippen molar-refractivity contribution in [1.29, 1.82) is 0 Å². The molecule has 0 fully saturated rings. The molecule has 1 N–H and O–H groups in total. The molecule has 2 rings (SSSR count). The smallest absolute Gasteiger partial charge is 0.133 e. The van der Waals surface area contributed by atoms with Crippen LogP contribution in [0.4, 0.5) is 10.1 Å². The summed E-state index contributed by atoms with van der Waals surface area (Å²) < 4.78 is 19.3. The van der Waals surface area contributed by atoms with Gasteiger partial charge in [0.25, 0.3) is 0 Å². The molecule has 0 radical (unpaired) electrons. The van der Waals surface area contributed by atoms with Gasteiger partial charge in [0.2, 0.25) is 0 Å². The molecule has 0 atom stereocenters. The van der Waals surface area contributed by atoms with Crippen LogP contribution in [-0.2, 0) is 6.54 Å². The van der Waals surface area contributed by atoms with E-state index in [2.05, 4.69) is 21.2 Å². The zero-order chi connectivity index (χ0) is 13.8. The SMILES string of the molecule is COc1ccc(CNc2cc(F)ccc2C)cc1Br. The fourth-order valence-corrected chi connectivity index (χ4v) is 2.39. The van der Waals surface area contributed by atoms with E-state index in [0.29, 0.717) is 6.54 Å². The molecule has 0 aromatic heterocycles. The van der Waals surface area contributed by atoms with E-state index < -0.39 is 0 Å². The van der Waals surface area contributed by atoms with Crippen LogP contribution in [0.15, 0.2) is 40.9 Å². The van der Waals surface area contributed by atoms with Crippen LogP contribution < -0.4 is 10.1 Å². The second-order valence-electron chi connectivity index (χ2n) is 4.28. The zero-order valence-electron chi connectivity index (χ0n) is 10.8. The molecular weight excluding hydrogens is 309 g/mol. The summed E-state index contributed by atoms with van der Waals surface area (Å²) in [4.78, 5) is 0. The van der Waals surface area contributed by atoms with E-state index >= 15 is 0 Å². The lowest BCUT2D eigenvalue weighted by molar-refractivity contribution is 0.412. The molecule has 19 heavy (non-hydrogen) atoms. The van der Waals surface area contributed by atoms with Crippen LogP contribution in [0, 0.1) is 12.7 Å². The summed E-state index contributed by atoms with van der Waals surface area (Å²) in [7, 11) is 1.63. The molecule has 0 spiro atoms. The number of aryl methyl sites for hydroxylation is 1. The van der Waals surface area contributed by atoms with Crippen molar-refractivity contribution in [2.75, 3.05) is 12.4 Å². The summed E-state index contributed by atoms with van der Waals surface area (Å²) >= 11 is 3.45. The quantitative estimate of drug-likeness (QED) is 0.893. The lowest BCUT2D eigenvalue weighted by atomic mass is 10.1. The molecule has 0 saturated carbocycles. The molecule has 2 aromatic carbocycles. The van der Waals surface area contributed by atoms with Crippen molar-refractivity contribution in [3.8, 4) is 5.75 Å². The molecule has 0 unspecified atom stereocenters. The summed E-state index contributed by atoms with van der Waals surface area (Å²) in [6.07, 6.45) is 0. The third kappa shape index (κ3) is 3.47. The Balaban J connectivity index is 2.10. The third-order valence-electron chi connectivity index (χ3n) is 2.90. The normalized spacial score (nSPS) is 10.3. The van der Waals surface area contributed by atoms with Gasteiger partial charge in [0.15, 0.2) is 0 Å². The number of hydrogen-bond acceptors (Lipinski definition) is 2. The molecule has 2 nitrogen and oxygen atoms in total. The van der Waals surface area contributed by atoms with Gasteiger partial charge in [-0.25, -0.2) is 4.39 Å². The maximum absolute atomic E-state index is 13.2. The van der Waals surface area contributed by atoms with Gasteiger partial charge in [-0.3, -0.25) is 0 Å². The Morgan fingerprint density at radius 1 is 1.21 bits per heavy atom. The summed E-state index contributed by atoms with van der Waals surface area (Å²) in [5.74, 6) is 0.565. The Hall–Kier alpha value is -1.55. The minimum absolute atomic E-state index is 0.232. The number of nitrogens with one attached hydrogen (secondary N) is 1. The summed E-state index contributed by atoms with van der Waals surface area (Å²) in [6, 6.07) is 10.6. The van der Waals surface area contributed by atoms with Gasteiger partial charge in [-0.1, -0.05) is 12.1 Å². The van der Waals surface area contributed by atoms with Crippen LogP contribution in [0.5, 0.6) is 5.75 Å². The van der Waals surface area contributed by atoms with Gasteiger partial charge in [-0.15, -0.1) is 0 Å². The Morgan fingerprint density at radius 3 is 2.68 bits per heavy atom. The van der Waals surface area contributed by atoms with E-state index in [1.165, 1.54) is 12.1 Å². The first kappa shape index (κ1) is 13.9. The van der Waals surface area contributed by atoms with Gasteiger partial charge >= 0.3 is 0 Å². The standard InChI is InChI=1S/C15H15BrFNO/c1-10-3-5-12(17)8-14(10)18-9-11-4-6-15(19-2)13(16)7-11/h3-8,18H,9H2,1-2H3. The third-order valence-corrected chi connectivity index (χ3v) is 3.52. The van der Waals surface area contributed by atoms with E-state index in [4.69, 9.17) is 4.74 Å². The van der Waals surface area contributed by atoms with Crippen LogP contribution in [0.25, 0.3) is 0 Å². The average Bonchev–Trinajstić information content (AvgIpc) is 2.40. The van der Waals surface area contributed by atoms with Crippen molar-refractivity contribution in [2.45, 2.75) is 13.5 Å². The van der Waals surface area contributed by atoms with Crippen molar-refractivity contribution >= 4 is 21.6 Å². The second-order valence-corrected chi connectivity index (χ2v) is 5.14. The summed E-state index contributed by atoms with van der Waals surface area (Å²) in [5, 5.41) is 3.23.